The average Bonchev–Trinajstić information content (AvgIpc) is 2.42. The molecule has 0 spiro atoms. The van der Waals surface area contributed by atoms with Crippen LogP contribution in [0.25, 0.3) is 0 Å². The smallest absolute Gasteiger partial charge is 0.184 e. The Balaban J connectivity index is 2.24. The number of ether oxygens (including phenoxy) is 3. The number of allylic oxidation sites excluding steroid dienone is 1. The summed E-state index contributed by atoms with van der Waals surface area (Å²) in [4.78, 5) is 11.6. The molecule has 0 bridgehead atoms. The fraction of sp³-hybridized carbons (Fsp3) is 0.533. The van der Waals surface area contributed by atoms with E-state index >= 15 is 0 Å². The summed E-state index contributed by atoms with van der Waals surface area (Å²) in [5, 5.41) is 0. The van der Waals surface area contributed by atoms with E-state index < -0.39 is 12.4 Å². The molecule has 0 saturated carbocycles. The third-order valence-electron chi connectivity index (χ3n) is 2.65. The lowest BCUT2D eigenvalue weighted by Gasteiger charge is -2.24. The lowest BCUT2D eigenvalue weighted by molar-refractivity contribution is -0.167. The lowest BCUT2D eigenvalue weighted by Crippen LogP contribution is -2.33. The highest BCUT2D eigenvalue weighted by molar-refractivity contribution is 5.94. The summed E-state index contributed by atoms with van der Waals surface area (Å²) >= 11 is 0. The molecule has 1 aliphatic rings. The zero-order valence-corrected chi connectivity index (χ0v) is 11.3. The van der Waals surface area contributed by atoms with Crippen molar-refractivity contribution in [2.45, 2.75) is 31.7 Å². The summed E-state index contributed by atoms with van der Waals surface area (Å²) < 4.78 is 16.3. The van der Waals surface area contributed by atoms with Gasteiger partial charge < -0.3 is 14.2 Å². The molecule has 1 unspecified atom stereocenters. The van der Waals surface area contributed by atoms with E-state index in [9.17, 15) is 4.79 Å². The van der Waals surface area contributed by atoms with Crippen LogP contribution >= 0.6 is 0 Å². The molecule has 1 rings (SSSR count). The number of rotatable bonds is 10. The molecule has 0 aromatic rings. The van der Waals surface area contributed by atoms with E-state index in [4.69, 9.17) is 14.2 Å². The van der Waals surface area contributed by atoms with Crippen molar-refractivity contribution in [2.24, 2.45) is 0 Å². The number of hydrogen-bond donors (Lipinski definition) is 0. The molecular formula is C15H22O4. The third kappa shape index (κ3) is 6.47. The molecule has 1 aliphatic heterocycles. The predicted molar refractivity (Wildman–Crippen MR) is 73.8 cm³/mol. The van der Waals surface area contributed by atoms with Crippen LogP contribution in [-0.4, -0.2) is 38.0 Å². The lowest BCUT2D eigenvalue weighted by atomic mass is 10.1. The fourth-order valence-corrected chi connectivity index (χ4v) is 1.70. The summed E-state index contributed by atoms with van der Waals surface area (Å²) in [6.45, 7) is 8.63. The van der Waals surface area contributed by atoms with Gasteiger partial charge in [-0.05, 0) is 31.4 Å². The number of carbonyl (C=O) groups is 1. The zero-order chi connectivity index (χ0) is 13.9. The molecule has 0 radical (unpaired) electrons. The Morgan fingerprint density at radius 1 is 1.32 bits per heavy atom. The SMILES string of the molecule is C=CCCC[C@@H]1OC(OCCOCC=C)C=CC1=O. The maximum atomic E-state index is 11.6. The highest BCUT2D eigenvalue weighted by atomic mass is 16.7. The van der Waals surface area contributed by atoms with Crippen LogP contribution in [0.15, 0.2) is 37.5 Å². The minimum Gasteiger partial charge on any atom is -0.375 e. The van der Waals surface area contributed by atoms with Gasteiger partial charge in [0.2, 0.25) is 0 Å². The van der Waals surface area contributed by atoms with Crippen LogP contribution in [-0.2, 0) is 19.0 Å². The Labute approximate surface area is 114 Å². The summed E-state index contributed by atoms with van der Waals surface area (Å²) in [7, 11) is 0. The molecule has 19 heavy (non-hydrogen) atoms. The average molecular weight is 266 g/mol. The molecule has 0 saturated heterocycles. The van der Waals surface area contributed by atoms with E-state index in [-0.39, 0.29) is 5.78 Å². The van der Waals surface area contributed by atoms with Gasteiger partial charge in [-0.1, -0.05) is 12.2 Å². The van der Waals surface area contributed by atoms with E-state index in [1.807, 2.05) is 6.08 Å². The van der Waals surface area contributed by atoms with Crippen LogP contribution in [0, 0.1) is 0 Å². The van der Waals surface area contributed by atoms with Gasteiger partial charge in [0.15, 0.2) is 12.1 Å². The second-order valence-electron chi connectivity index (χ2n) is 4.21. The fourth-order valence-electron chi connectivity index (χ4n) is 1.70. The summed E-state index contributed by atoms with van der Waals surface area (Å²) in [6, 6.07) is 0. The minimum atomic E-state index is -0.459. The van der Waals surface area contributed by atoms with Gasteiger partial charge in [0.05, 0.1) is 19.8 Å². The van der Waals surface area contributed by atoms with Crippen LogP contribution in [0.3, 0.4) is 0 Å². The Kier molecular flexibility index (Phi) is 8.05. The molecule has 0 aromatic carbocycles. The van der Waals surface area contributed by atoms with Crippen LogP contribution in [0.5, 0.6) is 0 Å². The van der Waals surface area contributed by atoms with Gasteiger partial charge in [0, 0.05) is 0 Å². The zero-order valence-electron chi connectivity index (χ0n) is 11.3. The first-order valence-electron chi connectivity index (χ1n) is 6.56. The van der Waals surface area contributed by atoms with Crippen molar-refractivity contribution < 1.29 is 19.0 Å². The summed E-state index contributed by atoms with van der Waals surface area (Å²) in [5.74, 6) is 0.00631. The van der Waals surface area contributed by atoms with Crippen molar-refractivity contribution in [2.75, 3.05) is 19.8 Å². The highest BCUT2D eigenvalue weighted by Gasteiger charge is 2.24. The molecule has 0 aromatic heterocycles. The van der Waals surface area contributed by atoms with E-state index in [0.717, 1.165) is 12.8 Å². The minimum absolute atomic E-state index is 0.00631. The number of carbonyl (C=O) groups excluding carboxylic acids is 1. The van der Waals surface area contributed by atoms with Gasteiger partial charge >= 0.3 is 0 Å². The van der Waals surface area contributed by atoms with Gasteiger partial charge in [-0.25, -0.2) is 0 Å². The maximum absolute atomic E-state index is 11.6. The van der Waals surface area contributed by atoms with Crippen LogP contribution in [0.2, 0.25) is 0 Å². The van der Waals surface area contributed by atoms with Gasteiger partial charge in [0.25, 0.3) is 0 Å². The van der Waals surface area contributed by atoms with E-state index in [1.54, 1.807) is 12.2 Å². The normalized spacial score (nSPS) is 22.4. The number of hydrogen-bond acceptors (Lipinski definition) is 4. The van der Waals surface area contributed by atoms with Crippen molar-refractivity contribution in [3.63, 3.8) is 0 Å². The van der Waals surface area contributed by atoms with Gasteiger partial charge in [0.1, 0.15) is 6.10 Å². The Hall–Kier alpha value is -1.23. The predicted octanol–water partition coefficient (Wildman–Crippen LogP) is 2.41. The Morgan fingerprint density at radius 2 is 2.16 bits per heavy atom. The van der Waals surface area contributed by atoms with Gasteiger partial charge in [-0.3, -0.25) is 4.79 Å². The van der Waals surface area contributed by atoms with E-state index in [0.29, 0.717) is 26.2 Å². The maximum Gasteiger partial charge on any atom is 0.184 e. The van der Waals surface area contributed by atoms with E-state index in [2.05, 4.69) is 13.2 Å². The monoisotopic (exact) mass is 266 g/mol. The highest BCUT2D eigenvalue weighted by Crippen LogP contribution is 2.16. The van der Waals surface area contributed by atoms with Crippen molar-refractivity contribution in [1.82, 2.24) is 0 Å². The molecule has 0 amide bonds. The molecule has 1 heterocycles. The largest absolute Gasteiger partial charge is 0.375 e. The van der Waals surface area contributed by atoms with Gasteiger partial charge in [-0.15, -0.1) is 13.2 Å². The number of unbranched alkanes of at least 4 members (excludes halogenated alkanes) is 1. The van der Waals surface area contributed by atoms with Crippen LogP contribution in [0.1, 0.15) is 19.3 Å². The third-order valence-corrected chi connectivity index (χ3v) is 2.65. The molecule has 0 aliphatic carbocycles. The van der Waals surface area contributed by atoms with Crippen LogP contribution < -0.4 is 0 Å². The summed E-state index contributed by atoms with van der Waals surface area (Å²) in [5.41, 5.74) is 0. The molecule has 4 nitrogen and oxygen atoms in total. The van der Waals surface area contributed by atoms with Gasteiger partial charge in [-0.2, -0.15) is 0 Å². The van der Waals surface area contributed by atoms with Crippen molar-refractivity contribution in [1.29, 1.82) is 0 Å². The molecule has 4 heteroatoms. The molecule has 2 atom stereocenters. The topological polar surface area (TPSA) is 44.8 Å². The van der Waals surface area contributed by atoms with Crippen molar-refractivity contribution in [3.05, 3.63) is 37.5 Å². The van der Waals surface area contributed by atoms with Crippen molar-refractivity contribution >= 4 is 5.78 Å². The van der Waals surface area contributed by atoms with Crippen LogP contribution in [0.4, 0.5) is 0 Å². The first-order chi connectivity index (χ1) is 9.27. The molecule has 106 valence electrons. The second-order valence-corrected chi connectivity index (χ2v) is 4.21. The number of ketones is 1. The van der Waals surface area contributed by atoms with Crippen molar-refractivity contribution in [3.8, 4) is 0 Å². The first-order valence-corrected chi connectivity index (χ1v) is 6.56. The molecule has 0 fully saturated rings. The first kappa shape index (κ1) is 15.8. The molecule has 0 N–H and O–H groups in total. The quantitative estimate of drug-likeness (QED) is 0.450. The standard InChI is InChI=1S/C15H22O4/c1-3-5-6-7-14-13(16)8-9-15(19-14)18-12-11-17-10-4-2/h3-4,8-9,14-15H,1-2,5-7,10-12H2/t14-,15?/m0/s1. The summed E-state index contributed by atoms with van der Waals surface area (Å²) in [6.07, 6.45) is 8.32. The molecular weight excluding hydrogens is 244 g/mol. The Morgan fingerprint density at radius 3 is 2.89 bits per heavy atom. The Bertz CT molecular complexity index is 322. The van der Waals surface area contributed by atoms with E-state index in [1.165, 1.54) is 6.08 Å². The second kappa shape index (κ2) is 9.67.